The summed E-state index contributed by atoms with van der Waals surface area (Å²) in [7, 11) is 1.62. The van der Waals surface area contributed by atoms with Crippen molar-refractivity contribution in [2.45, 2.75) is 66.4 Å². The molecule has 0 amide bonds. The van der Waals surface area contributed by atoms with Gasteiger partial charge in [-0.25, -0.2) is 0 Å². The fraction of sp³-hybridized carbons (Fsp3) is 0.714. The number of allylic oxidation sites excluding steroid dienone is 2. The van der Waals surface area contributed by atoms with Gasteiger partial charge in [0.05, 0.1) is 6.10 Å². The summed E-state index contributed by atoms with van der Waals surface area (Å²) < 4.78 is 5.71. The molecule has 0 bridgehead atoms. The van der Waals surface area contributed by atoms with Crippen molar-refractivity contribution < 1.29 is 19.4 Å². The lowest BCUT2D eigenvalue weighted by molar-refractivity contribution is -0.135. The van der Waals surface area contributed by atoms with Gasteiger partial charge in [-0.3, -0.25) is 9.59 Å². The molecular formula is C21H30O4. The number of fused-ring (bicyclic) bond motifs is 2. The zero-order valence-corrected chi connectivity index (χ0v) is 16.2. The highest BCUT2D eigenvalue weighted by molar-refractivity contribution is 6.50. The molecule has 0 aromatic heterocycles. The van der Waals surface area contributed by atoms with Gasteiger partial charge in [0.15, 0.2) is 0 Å². The number of ketones is 2. The van der Waals surface area contributed by atoms with E-state index in [-0.39, 0.29) is 40.1 Å². The first-order valence-corrected chi connectivity index (χ1v) is 9.36. The molecule has 1 saturated carbocycles. The second-order valence-corrected chi connectivity index (χ2v) is 9.14. The molecule has 138 valence electrons. The first-order chi connectivity index (χ1) is 11.6. The molecule has 0 aromatic rings. The molecule has 25 heavy (non-hydrogen) atoms. The van der Waals surface area contributed by atoms with Crippen LogP contribution in [0.2, 0.25) is 0 Å². The molecule has 0 aromatic carbocycles. The van der Waals surface area contributed by atoms with E-state index in [9.17, 15) is 14.7 Å². The van der Waals surface area contributed by atoms with E-state index < -0.39 is 11.6 Å². The molecule has 0 aliphatic heterocycles. The van der Waals surface area contributed by atoms with Gasteiger partial charge in [0.1, 0.15) is 5.76 Å². The molecule has 3 atom stereocenters. The van der Waals surface area contributed by atoms with Gasteiger partial charge in [0, 0.05) is 29.2 Å². The third kappa shape index (κ3) is 2.44. The number of carbonyl (C=O) groups is 2. The van der Waals surface area contributed by atoms with Crippen LogP contribution in [0.3, 0.4) is 0 Å². The van der Waals surface area contributed by atoms with Crippen molar-refractivity contribution in [1.82, 2.24) is 0 Å². The van der Waals surface area contributed by atoms with Crippen LogP contribution in [0.15, 0.2) is 22.5 Å². The largest absolute Gasteiger partial charge is 0.507 e. The maximum absolute atomic E-state index is 13.1. The number of aliphatic hydroxyl groups excluding tert-OH is 1. The van der Waals surface area contributed by atoms with Gasteiger partial charge < -0.3 is 9.84 Å². The second kappa shape index (κ2) is 5.80. The summed E-state index contributed by atoms with van der Waals surface area (Å²) in [5.74, 6) is -0.918. The van der Waals surface area contributed by atoms with Crippen molar-refractivity contribution in [3.05, 3.63) is 22.5 Å². The van der Waals surface area contributed by atoms with E-state index in [4.69, 9.17) is 4.74 Å². The van der Waals surface area contributed by atoms with Gasteiger partial charge in [0.2, 0.25) is 11.6 Å². The summed E-state index contributed by atoms with van der Waals surface area (Å²) in [6.07, 6.45) is 3.44. The van der Waals surface area contributed by atoms with Gasteiger partial charge in [-0.1, -0.05) is 41.0 Å². The lowest BCUT2D eigenvalue weighted by atomic mass is 9.48. The van der Waals surface area contributed by atoms with Crippen molar-refractivity contribution in [2.75, 3.05) is 7.11 Å². The Hall–Kier alpha value is -1.42. The van der Waals surface area contributed by atoms with Crippen molar-refractivity contribution in [2.24, 2.45) is 22.7 Å². The number of Topliss-reactive ketones (excluding diaryl/α,β-unsaturated/α-hetero) is 2. The summed E-state index contributed by atoms with van der Waals surface area (Å²) >= 11 is 0. The average molecular weight is 346 g/mol. The molecule has 3 rings (SSSR count). The number of carbonyl (C=O) groups excluding carboxylic acids is 2. The normalized spacial score (nSPS) is 35.2. The van der Waals surface area contributed by atoms with E-state index in [1.165, 1.54) is 0 Å². The Bertz CT molecular complexity index is 695. The minimum Gasteiger partial charge on any atom is -0.507 e. The van der Waals surface area contributed by atoms with Gasteiger partial charge >= 0.3 is 0 Å². The lowest BCUT2D eigenvalue weighted by Crippen LogP contribution is -2.53. The molecule has 1 N–H and O–H groups in total. The van der Waals surface area contributed by atoms with E-state index in [0.717, 1.165) is 25.7 Å². The zero-order valence-electron chi connectivity index (χ0n) is 16.2. The summed E-state index contributed by atoms with van der Waals surface area (Å²) in [5.41, 5.74) is 1.03. The van der Waals surface area contributed by atoms with E-state index >= 15 is 0 Å². The summed E-state index contributed by atoms with van der Waals surface area (Å²) in [6.45, 7) is 10.3. The van der Waals surface area contributed by atoms with Crippen LogP contribution in [0.25, 0.3) is 0 Å². The maximum atomic E-state index is 13.1. The average Bonchev–Trinajstić information content (AvgIpc) is 2.50. The Kier molecular flexibility index (Phi) is 4.26. The van der Waals surface area contributed by atoms with Gasteiger partial charge in [0.25, 0.3) is 0 Å². The Labute approximate surface area is 150 Å². The van der Waals surface area contributed by atoms with E-state index in [1.54, 1.807) is 7.11 Å². The number of aliphatic hydroxyl groups is 1. The predicted molar refractivity (Wildman–Crippen MR) is 96.2 cm³/mol. The molecule has 1 fully saturated rings. The van der Waals surface area contributed by atoms with E-state index in [1.807, 2.05) is 13.8 Å². The summed E-state index contributed by atoms with van der Waals surface area (Å²) in [4.78, 5) is 25.9. The van der Waals surface area contributed by atoms with Crippen LogP contribution in [0, 0.1) is 22.7 Å². The minimum atomic E-state index is -0.536. The second-order valence-electron chi connectivity index (χ2n) is 9.14. The standard InChI is InChI=1S/C21H30O4/c1-11(2)14-17(22)15-12(25-6)10-13-20(3,4)8-7-9-21(13,5)16(15)19(24)18(14)23/h11-13,22H,7-10H2,1-6H3/t12-,13+,21+/m1/s1. The summed E-state index contributed by atoms with van der Waals surface area (Å²) in [6, 6.07) is 0. The SMILES string of the molecule is CO[C@@H]1C[C@H]2C(C)(C)CCC[C@]2(C)C2=C1C(O)=C(C(C)C)C(=O)C2=O. The van der Waals surface area contributed by atoms with E-state index in [2.05, 4.69) is 20.8 Å². The van der Waals surface area contributed by atoms with Crippen molar-refractivity contribution in [1.29, 1.82) is 0 Å². The minimum absolute atomic E-state index is 0.00972. The molecule has 4 heteroatoms. The third-order valence-electron chi connectivity index (χ3n) is 6.89. The van der Waals surface area contributed by atoms with Crippen LogP contribution in [-0.4, -0.2) is 29.9 Å². The molecule has 0 spiro atoms. The highest BCUT2D eigenvalue weighted by Gasteiger charge is 2.57. The third-order valence-corrected chi connectivity index (χ3v) is 6.89. The zero-order chi connectivity index (χ0) is 18.7. The first-order valence-electron chi connectivity index (χ1n) is 9.36. The molecule has 0 saturated heterocycles. The van der Waals surface area contributed by atoms with Gasteiger partial charge in [-0.15, -0.1) is 0 Å². The number of rotatable bonds is 2. The number of hydrogen-bond acceptors (Lipinski definition) is 4. The molecule has 0 unspecified atom stereocenters. The lowest BCUT2D eigenvalue weighted by Gasteiger charge is -2.56. The Balaban J connectivity index is 2.29. The van der Waals surface area contributed by atoms with Crippen LogP contribution in [0.4, 0.5) is 0 Å². The van der Waals surface area contributed by atoms with Crippen molar-refractivity contribution in [3.63, 3.8) is 0 Å². The van der Waals surface area contributed by atoms with Crippen molar-refractivity contribution >= 4 is 11.6 Å². The van der Waals surface area contributed by atoms with Crippen LogP contribution in [-0.2, 0) is 14.3 Å². The van der Waals surface area contributed by atoms with Crippen LogP contribution < -0.4 is 0 Å². The van der Waals surface area contributed by atoms with E-state index in [0.29, 0.717) is 11.1 Å². The first kappa shape index (κ1) is 18.4. The summed E-state index contributed by atoms with van der Waals surface area (Å²) in [5, 5.41) is 10.9. The van der Waals surface area contributed by atoms with Crippen LogP contribution in [0.1, 0.15) is 60.3 Å². The smallest absolute Gasteiger partial charge is 0.233 e. The van der Waals surface area contributed by atoms with Crippen LogP contribution >= 0.6 is 0 Å². The molecule has 3 aliphatic carbocycles. The van der Waals surface area contributed by atoms with Gasteiger partial charge in [-0.2, -0.15) is 0 Å². The Morgan fingerprint density at radius 3 is 2.32 bits per heavy atom. The van der Waals surface area contributed by atoms with Crippen LogP contribution in [0.5, 0.6) is 0 Å². The highest BCUT2D eigenvalue weighted by Crippen LogP contribution is 2.61. The molecule has 3 aliphatic rings. The monoisotopic (exact) mass is 346 g/mol. The molecular weight excluding hydrogens is 316 g/mol. The quantitative estimate of drug-likeness (QED) is 0.602. The Morgan fingerprint density at radius 1 is 1.12 bits per heavy atom. The maximum Gasteiger partial charge on any atom is 0.233 e. The topological polar surface area (TPSA) is 63.6 Å². The molecule has 0 heterocycles. The predicted octanol–water partition coefficient (Wildman–Crippen LogP) is 4.15. The highest BCUT2D eigenvalue weighted by atomic mass is 16.5. The molecule has 0 radical (unpaired) electrons. The number of ether oxygens (including phenoxy) is 1. The van der Waals surface area contributed by atoms with Crippen molar-refractivity contribution in [3.8, 4) is 0 Å². The number of hydrogen-bond donors (Lipinski definition) is 1. The van der Waals surface area contributed by atoms with Gasteiger partial charge in [-0.05, 0) is 36.5 Å². The fourth-order valence-electron chi connectivity index (χ4n) is 5.69. The Morgan fingerprint density at radius 2 is 1.76 bits per heavy atom. The fourth-order valence-corrected chi connectivity index (χ4v) is 5.69. The molecule has 4 nitrogen and oxygen atoms in total. The number of methoxy groups -OCH3 is 1.